The SMILES string of the molecule is CCCCCCCC(O)/C=C/C1CCC(=O)C1CC#CCCC(=O)O. The average Bonchev–Trinajstić information content (AvgIpc) is 2.92. The van der Waals surface area contributed by atoms with Crippen LogP contribution in [0, 0.1) is 23.7 Å². The van der Waals surface area contributed by atoms with Gasteiger partial charge in [0.05, 0.1) is 12.5 Å². The van der Waals surface area contributed by atoms with Gasteiger partial charge in [-0.25, -0.2) is 0 Å². The van der Waals surface area contributed by atoms with Gasteiger partial charge >= 0.3 is 5.97 Å². The minimum absolute atomic E-state index is 0.0411. The minimum Gasteiger partial charge on any atom is -0.481 e. The fourth-order valence-electron chi connectivity index (χ4n) is 3.19. The van der Waals surface area contributed by atoms with E-state index in [2.05, 4.69) is 18.8 Å². The molecule has 0 aromatic rings. The maximum atomic E-state index is 12.0. The summed E-state index contributed by atoms with van der Waals surface area (Å²) in [4.78, 5) is 22.5. The molecule has 1 saturated carbocycles. The maximum absolute atomic E-state index is 12.0. The highest BCUT2D eigenvalue weighted by molar-refractivity contribution is 5.84. The van der Waals surface area contributed by atoms with Crippen LogP contribution in [0.5, 0.6) is 0 Å². The second-order valence-electron chi connectivity index (χ2n) is 6.88. The number of ketones is 1. The molecule has 4 nitrogen and oxygen atoms in total. The summed E-state index contributed by atoms with van der Waals surface area (Å²) in [5.41, 5.74) is 0. The second-order valence-corrected chi connectivity index (χ2v) is 6.88. The van der Waals surface area contributed by atoms with Crippen molar-refractivity contribution in [3.63, 3.8) is 0 Å². The van der Waals surface area contributed by atoms with Crippen LogP contribution in [0.4, 0.5) is 0 Å². The number of carboxylic acid groups (broad SMARTS) is 1. The highest BCUT2D eigenvalue weighted by Crippen LogP contribution is 2.32. The summed E-state index contributed by atoms with van der Waals surface area (Å²) in [7, 11) is 0. The lowest BCUT2D eigenvalue weighted by Crippen LogP contribution is -2.13. The Kier molecular flexibility index (Phi) is 10.9. The number of Topliss-reactive ketones (excluding diaryl/α,β-unsaturated/α-hetero) is 1. The summed E-state index contributed by atoms with van der Waals surface area (Å²) in [6, 6.07) is 0. The van der Waals surface area contributed by atoms with Gasteiger partial charge in [0.25, 0.3) is 0 Å². The first kappa shape index (κ1) is 21.4. The predicted octanol–water partition coefficient (Wildman–Crippen LogP) is 4.12. The quantitative estimate of drug-likeness (QED) is 0.335. The Bertz CT molecular complexity index is 498. The molecule has 0 spiro atoms. The zero-order valence-electron chi connectivity index (χ0n) is 15.4. The van der Waals surface area contributed by atoms with Crippen LogP contribution in [0.1, 0.15) is 77.6 Å². The average molecular weight is 348 g/mol. The van der Waals surface area contributed by atoms with Crippen molar-refractivity contribution in [3.8, 4) is 11.8 Å². The lowest BCUT2D eigenvalue weighted by Gasteiger charge is -2.13. The van der Waals surface area contributed by atoms with Crippen molar-refractivity contribution in [1.29, 1.82) is 0 Å². The zero-order valence-corrected chi connectivity index (χ0v) is 15.4. The Balaban J connectivity index is 2.36. The first-order valence-electron chi connectivity index (χ1n) is 9.61. The van der Waals surface area contributed by atoms with Gasteiger partial charge in [-0.3, -0.25) is 9.59 Å². The third-order valence-corrected chi connectivity index (χ3v) is 4.75. The van der Waals surface area contributed by atoms with Gasteiger partial charge in [-0.15, -0.1) is 11.8 Å². The molecule has 2 N–H and O–H groups in total. The molecule has 1 rings (SSSR count). The predicted molar refractivity (Wildman–Crippen MR) is 99.0 cm³/mol. The summed E-state index contributed by atoms with van der Waals surface area (Å²) >= 11 is 0. The number of carboxylic acids is 1. The van der Waals surface area contributed by atoms with Gasteiger partial charge in [0.1, 0.15) is 5.78 Å². The van der Waals surface area contributed by atoms with E-state index >= 15 is 0 Å². The molecule has 0 heterocycles. The van der Waals surface area contributed by atoms with Crippen LogP contribution < -0.4 is 0 Å². The number of aliphatic hydroxyl groups excluding tert-OH is 1. The number of allylic oxidation sites excluding steroid dienone is 1. The number of hydrogen-bond donors (Lipinski definition) is 2. The van der Waals surface area contributed by atoms with E-state index < -0.39 is 12.1 Å². The van der Waals surface area contributed by atoms with Crippen LogP contribution in [0.25, 0.3) is 0 Å². The number of carbonyl (C=O) groups excluding carboxylic acids is 1. The van der Waals surface area contributed by atoms with Crippen molar-refractivity contribution in [2.75, 3.05) is 0 Å². The third kappa shape index (κ3) is 9.45. The van der Waals surface area contributed by atoms with Crippen LogP contribution in [-0.2, 0) is 9.59 Å². The van der Waals surface area contributed by atoms with Gasteiger partial charge < -0.3 is 10.2 Å². The molecule has 1 aliphatic rings. The van der Waals surface area contributed by atoms with Crippen molar-refractivity contribution in [2.24, 2.45) is 11.8 Å². The second kappa shape index (κ2) is 12.7. The Morgan fingerprint density at radius 1 is 1.28 bits per heavy atom. The van der Waals surface area contributed by atoms with Gasteiger partial charge in [-0.1, -0.05) is 51.2 Å². The molecule has 0 aliphatic heterocycles. The van der Waals surface area contributed by atoms with Crippen LogP contribution in [0.2, 0.25) is 0 Å². The maximum Gasteiger partial charge on any atom is 0.304 e. The lowest BCUT2D eigenvalue weighted by molar-refractivity contribution is -0.136. The summed E-state index contributed by atoms with van der Waals surface area (Å²) in [6.07, 6.45) is 12.3. The van der Waals surface area contributed by atoms with Crippen molar-refractivity contribution in [3.05, 3.63) is 12.2 Å². The molecule has 0 amide bonds. The van der Waals surface area contributed by atoms with Gasteiger partial charge in [0.2, 0.25) is 0 Å². The Morgan fingerprint density at radius 2 is 2.04 bits per heavy atom. The molecule has 0 saturated heterocycles. The van der Waals surface area contributed by atoms with Crippen LogP contribution >= 0.6 is 0 Å². The van der Waals surface area contributed by atoms with Crippen LogP contribution in [0.3, 0.4) is 0 Å². The van der Waals surface area contributed by atoms with Crippen LogP contribution in [-0.4, -0.2) is 28.1 Å². The van der Waals surface area contributed by atoms with Gasteiger partial charge in [-0.2, -0.15) is 0 Å². The topological polar surface area (TPSA) is 74.6 Å². The summed E-state index contributed by atoms with van der Waals surface area (Å²) in [5, 5.41) is 18.6. The molecule has 0 aromatic carbocycles. The summed E-state index contributed by atoms with van der Waals surface area (Å²) in [6.45, 7) is 2.19. The molecule has 1 aliphatic carbocycles. The van der Waals surface area contributed by atoms with Gasteiger partial charge in [-0.05, 0) is 18.8 Å². The van der Waals surface area contributed by atoms with E-state index in [1.54, 1.807) is 0 Å². The molecule has 0 aromatic heterocycles. The highest BCUT2D eigenvalue weighted by Gasteiger charge is 2.32. The van der Waals surface area contributed by atoms with E-state index in [0.717, 1.165) is 25.7 Å². The Labute approximate surface area is 151 Å². The van der Waals surface area contributed by atoms with E-state index in [4.69, 9.17) is 5.11 Å². The molecule has 140 valence electrons. The Morgan fingerprint density at radius 3 is 2.76 bits per heavy atom. The van der Waals surface area contributed by atoms with Crippen molar-refractivity contribution in [1.82, 2.24) is 0 Å². The number of hydrogen-bond acceptors (Lipinski definition) is 3. The van der Waals surface area contributed by atoms with E-state index in [9.17, 15) is 14.7 Å². The number of unbranched alkanes of at least 4 members (excludes halogenated alkanes) is 4. The molecule has 0 bridgehead atoms. The molecule has 25 heavy (non-hydrogen) atoms. The summed E-state index contributed by atoms with van der Waals surface area (Å²) in [5.74, 6) is 5.22. The minimum atomic E-state index is -0.851. The van der Waals surface area contributed by atoms with Gasteiger partial charge in [0.15, 0.2) is 0 Å². The number of rotatable bonds is 11. The fraction of sp³-hybridized carbons (Fsp3) is 0.714. The molecular formula is C21H32O4. The molecule has 3 atom stereocenters. The lowest BCUT2D eigenvalue weighted by atomic mass is 9.91. The standard InChI is InChI=1S/C21H32O4/c1-2-3-4-5-7-10-18(22)15-13-17-14-16-20(23)19(17)11-8-6-9-12-21(24)25/h13,15,17-19,22H,2-5,7,9-12,14,16H2,1H3,(H,24,25)/b15-13+. The van der Waals surface area contributed by atoms with E-state index in [-0.39, 0.29) is 24.0 Å². The van der Waals surface area contributed by atoms with Gasteiger partial charge in [0, 0.05) is 25.2 Å². The molecular weight excluding hydrogens is 316 g/mol. The smallest absolute Gasteiger partial charge is 0.304 e. The Hall–Kier alpha value is -1.60. The zero-order chi connectivity index (χ0) is 18.5. The summed E-state index contributed by atoms with van der Waals surface area (Å²) < 4.78 is 0. The van der Waals surface area contributed by atoms with E-state index in [1.807, 2.05) is 12.2 Å². The van der Waals surface area contributed by atoms with E-state index in [1.165, 1.54) is 19.3 Å². The first-order chi connectivity index (χ1) is 12.0. The largest absolute Gasteiger partial charge is 0.481 e. The van der Waals surface area contributed by atoms with Crippen molar-refractivity contribution < 1.29 is 19.8 Å². The fourth-order valence-corrected chi connectivity index (χ4v) is 3.19. The number of carbonyl (C=O) groups is 2. The molecule has 1 fully saturated rings. The normalized spacial score (nSPS) is 21.3. The molecule has 3 unspecified atom stereocenters. The number of aliphatic hydroxyl groups is 1. The van der Waals surface area contributed by atoms with Crippen molar-refractivity contribution >= 4 is 11.8 Å². The van der Waals surface area contributed by atoms with Crippen molar-refractivity contribution in [2.45, 2.75) is 83.7 Å². The molecule has 4 heteroatoms. The molecule has 0 radical (unpaired) electrons. The van der Waals surface area contributed by atoms with E-state index in [0.29, 0.717) is 19.3 Å². The third-order valence-electron chi connectivity index (χ3n) is 4.75. The monoisotopic (exact) mass is 348 g/mol. The number of aliphatic carboxylic acids is 1. The highest BCUT2D eigenvalue weighted by atomic mass is 16.4. The van der Waals surface area contributed by atoms with Crippen LogP contribution in [0.15, 0.2) is 12.2 Å². The first-order valence-corrected chi connectivity index (χ1v) is 9.61.